The van der Waals surface area contributed by atoms with E-state index in [9.17, 15) is 14.4 Å². The molecule has 7 nitrogen and oxygen atoms in total. The Hall–Kier alpha value is -2.87. The van der Waals surface area contributed by atoms with Crippen LogP contribution in [0, 0.1) is 6.92 Å². The van der Waals surface area contributed by atoms with Gasteiger partial charge in [0.15, 0.2) is 0 Å². The Kier molecular flexibility index (Phi) is 5.46. The van der Waals surface area contributed by atoms with Gasteiger partial charge in [-0.05, 0) is 49.6 Å². The minimum Gasteiger partial charge on any atom is -0.495 e. The van der Waals surface area contributed by atoms with Crippen molar-refractivity contribution in [2.24, 2.45) is 0 Å². The fraction of sp³-hybridized carbons (Fsp3) is 0.316. The molecule has 0 radical (unpaired) electrons. The number of carboxylic acids is 1. The molecule has 1 aromatic carbocycles. The number of carbonyl (C=O) groups excluding carboxylic acids is 2. The second-order valence-electron chi connectivity index (χ2n) is 6.32. The van der Waals surface area contributed by atoms with Crippen LogP contribution in [0.25, 0.3) is 0 Å². The van der Waals surface area contributed by atoms with Crippen LogP contribution in [-0.2, 0) is 4.79 Å². The predicted octanol–water partition coefficient (Wildman–Crippen LogP) is 3.01. The number of nitrogens with one attached hydrogen (secondary N) is 1. The largest absolute Gasteiger partial charge is 0.495 e. The first-order valence-electron chi connectivity index (χ1n) is 8.50. The summed E-state index contributed by atoms with van der Waals surface area (Å²) in [6.45, 7) is 2.37. The highest BCUT2D eigenvalue weighted by atomic mass is 32.1. The number of hydrogen-bond donors (Lipinski definition) is 2. The number of rotatable bonds is 5. The standard InChI is InChI=1S/C19H20N2O5S/c1-11-5-6-14(26-2)12(10-11)20-17(22)13-4-3-9-21(13)18(23)15-7-8-16(27-15)19(24)25/h5-8,10,13H,3-4,9H2,1-2H3,(H,20,22)(H,24,25). The minimum absolute atomic E-state index is 0.100. The highest BCUT2D eigenvalue weighted by Gasteiger charge is 2.35. The number of methoxy groups -OCH3 is 1. The lowest BCUT2D eigenvalue weighted by atomic mass is 10.1. The summed E-state index contributed by atoms with van der Waals surface area (Å²) in [6.07, 6.45) is 1.27. The molecule has 0 aliphatic carbocycles. The fourth-order valence-electron chi connectivity index (χ4n) is 3.13. The zero-order valence-electron chi connectivity index (χ0n) is 15.0. The van der Waals surface area contributed by atoms with E-state index in [1.807, 2.05) is 19.1 Å². The zero-order valence-corrected chi connectivity index (χ0v) is 15.8. The van der Waals surface area contributed by atoms with Crippen molar-refractivity contribution in [1.82, 2.24) is 4.90 Å². The fourth-order valence-corrected chi connectivity index (χ4v) is 3.93. The molecular formula is C19H20N2O5S. The van der Waals surface area contributed by atoms with Crippen molar-refractivity contribution in [3.63, 3.8) is 0 Å². The molecule has 2 heterocycles. The highest BCUT2D eigenvalue weighted by molar-refractivity contribution is 7.15. The van der Waals surface area contributed by atoms with E-state index < -0.39 is 12.0 Å². The van der Waals surface area contributed by atoms with E-state index in [0.717, 1.165) is 16.9 Å². The van der Waals surface area contributed by atoms with Gasteiger partial charge < -0.3 is 20.1 Å². The van der Waals surface area contributed by atoms with Crippen LogP contribution in [0.2, 0.25) is 0 Å². The molecule has 1 aromatic heterocycles. The number of carboxylic acid groups (broad SMARTS) is 1. The molecule has 1 unspecified atom stereocenters. The van der Waals surface area contributed by atoms with E-state index >= 15 is 0 Å². The number of ether oxygens (including phenoxy) is 1. The number of carbonyl (C=O) groups is 3. The summed E-state index contributed by atoms with van der Waals surface area (Å²) in [6, 6.07) is 7.78. The van der Waals surface area contributed by atoms with Gasteiger partial charge in [0.2, 0.25) is 5.91 Å². The van der Waals surface area contributed by atoms with Crippen LogP contribution in [0.3, 0.4) is 0 Å². The number of anilines is 1. The van der Waals surface area contributed by atoms with E-state index in [0.29, 0.717) is 35.7 Å². The number of likely N-dealkylation sites (tertiary alicyclic amines) is 1. The van der Waals surface area contributed by atoms with Crippen LogP contribution in [0.1, 0.15) is 37.7 Å². The van der Waals surface area contributed by atoms with E-state index in [1.165, 1.54) is 24.1 Å². The number of amides is 2. The summed E-state index contributed by atoms with van der Waals surface area (Å²) in [5, 5.41) is 11.9. The second-order valence-corrected chi connectivity index (χ2v) is 7.40. The summed E-state index contributed by atoms with van der Waals surface area (Å²) in [5.74, 6) is -1.11. The molecule has 2 aromatic rings. The van der Waals surface area contributed by atoms with Crippen LogP contribution < -0.4 is 10.1 Å². The van der Waals surface area contributed by atoms with Gasteiger partial charge in [-0.15, -0.1) is 11.3 Å². The van der Waals surface area contributed by atoms with Crippen LogP contribution in [0.5, 0.6) is 5.75 Å². The molecule has 0 bridgehead atoms. The maximum atomic E-state index is 12.8. The van der Waals surface area contributed by atoms with Gasteiger partial charge in [0.05, 0.1) is 17.7 Å². The minimum atomic E-state index is -1.07. The molecule has 1 atom stereocenters. The summed E-state index contributed by atoms with van der Waals surface area (Å²) in [5.41, 5.74) is 1.54. The van der Waals surface area contributed by atoms with Gasteiger partial charge in [-0.3, -0.25) is 9.59 Å². The lowest BCUT2D eigenvalue weighted by Crippen LogP contribution is -2.43. The lowest BCUT2D eigenvalue weighted by molar-refractivity contribution is -0.119. The number of hydrogen-bond acceptors (Lipinski definition) is 5. The summed E-state index contributed by atoms with van der Waals surface area (Å²) in [4.78, 5) is 38.5. The molecule has 27 heavy (non-hydrogen) atoms. The predicted molar refractivity (Wildman–Crippen MR) is 102 cm³/mol. The molecule has 3 rings (SSSR count). The van der Waals surface area contributed by atoms with Crippen molar-refractivity contribution in [2.75, 3.05) is 19.0 Å². The number of benzene rings is 1. The Morgan fingerprint density at radius 2 is 1.96 bits per heavy atom. The van der Waals surface area contributed by atoms with Gasteiger partial charge >= 0.3 is 5.97 Å². The van der Waals surface area contributed by atoms with E-state index in [4.69, 9.17) is 9.84 Å². The van der Waals surface area contributed by atoms with Crippen molar-refractivity contribution >= 4 is 34.8 Å². The van der Waals surface area contributed by atoms with Crippen molar-refractivity contribution in [1.29, 1.82) is 0 Å². The average molecular weight is 388 g/mol. The zero-order chi connectivity index (χ0) is 19.6. The number of thiophene rings is 1. The third-order valence-electron chi connectivity index (χ3n) is 4.46. The lowest BCUT2D eigenvalue weighted by Gasteiger charge is -2.24. The molecule has 2 amide bonds. The monoisotopic (exact) mass is 388 g/mol. The third-order valence-corrected chi connectivity index (χ3v) is 5.52. The van der Waals surface area contributed by atoms with Gasteiger partial charge in [-0.2, -0.15) is 0 Å². The molecule has 2 N–H and O–H groups in total. The quantitative estimate of drug-likeness (QED) is 0.821. The summed E-state index contributed by atoms with van der Waals surface area (Å²) in [7, 11) is 1.53. The Morgan fingerprint density at radius 3 is 2.63 bits per heavy atom. The van der Waals surface area contributed by atoms with Gasteiger partial charge in [0.25, 0.3) is 5.91 Å². The maximum Gasteiger partial charge on any atom is 0.345 e. The van der Waals surface area contributed by atoms with E-state index in [1.54, 1.807) is 6.07 Å². The Bertz CT molecular complexity index is 892. The van der Waals surface area contributed by atoms with Crippen molar-refractivity contribution in [3.8, 4) is 5.75 Å². The average Bonchev–Trinajstić information content (AvgIpc) is 3.31. The van der Waals surface area contributed by atoms with E-state index in [2.05, 4.69) is 5.32 Å². The van der Waals surface area contributed by atoms with Crippen LogP contribution in [0.4, 0.5) is 5.69 Å². The SMILES string of the molecule is COc1ccc(C)cc1NC(=O)C1CCCN1C(=O)c1ccc(C(=O)O)s1. The molecule has 1 aliphatic heterocycles. The molecule has 1 aliphatic rings. The molecule has 142 valence electrons. The van der Waals surface area contributed by atoms with Crippen LogP contribution in [0.15, 0.2) is 30.3 Å². The second kappa shape index (κ2) is 7.79. The molecule has 1 fully saturated rings. The van der Waals surface area contributed by atoms with Gasteiger partial charge in [-0.1, -0.05) is 6.07 Å². The highest BCUT2D eigenvalue weighted by Crippen LogP contribution is 2.28. The first-order valence-corrected chi connectivity index (χ1v) is 9.32. The first kappa shape index (κ1) is 18.9. The maximum absolute atomic E-state index is 12.8. The Labute approximate surface area is 160 Å². The summed E-state index contributed by atoms with van der Waals surface area (Å²) < 4.78 is 5.28. The number of aryl methyl sites for hydroxylation is 1. The number of nitrogens with zero attached hydrogens (tertiary/aromatic N) is 1. The molecule has 0 spiro atoms. The molecular weight excluding hydrogens is 368 g/mol. The van der Waals surface area contributed by atoms with Gasteiger partial charge in [0.1, 0.15) is 16.7 Å². The van der Waals surface area contributed by atoms with Crippen molar-refractivity contribution in [3.05, 3.63) is 45.6 Å². The number of aromatic carboxylic acids is 1. The molecule has 0 saturated carbocycles. The van der Waals surface area contributed by atoms with Gasteiger partial charge in [0, 0.05) is 6.54 Å². The topological polar surface area (TPSA) is 95.9 Å². The third kappa shape index (κ3) is 3.95. The van der Waals surface area contributed by atoms with Crippen LogP contribution in [-0.4, -0.2) is 47.5 Å². The first-order chi connectivity index (χ1) is 12.9. The Morgan fingerprint density at radius 1 is 1.22 bits per heavy atom. The Balaban J connectivity index is 1.77. The van der Waals surface area contributed by atoms with Crippen molar-refractivity contribution < 1.29 is 24.2 Å². The molecule has 1 saturated heterocycles. The summed E-state index contributed by atoms with van der Waals surface area (Å²) >= 11 is 0.919. The normalized spacial score (nSPS) is 16.2. The van der Waals surface area contributed by atoms with Gasteiger partial charge in [-0.25, -0.2) is 4.79 Å². The van der Waals surface area contributed by atoms with Crippen molar-refractivity contribution in [2.45, 2.75) is 25.8 Å². The van der Waals surface area contributed by atoms with Crippen LogP contribution >= 0.6 is 11.3 Å². The smallest absolute Gasteiger partial charge is 0.345 e. The molecule has 8 heteroatoms. The van der Waals surface area contributed by atoms with E-state index in [-0.39, 0.29) is 16.7 Å².